The zero-order valence-electron chi connectivity index (χ0n) is 11.8. The molecule has 0 aliphatic carbocycles. The van der Waals surface area contributed by atoms with Gasteiger partial charge in [-0.2, -0.15) is 0 Å². The largest absolute Gasteiger partial charge is 0.307 e. The van der Waals surface area contributed by atoms with Crippen LogP contribution in [0.4, 0.5) is 0 Å². The fourth-order valence-corrected chi connectivity index (χ4v) is 3.10. The summed E-state index contributed by atoms with van der Waals surface area (Å²) < 4.78 is 2.21. The summed E-state index contributed by atoms with van der Waals surface area (Å²) >= 11 is 1.65. The summed E-state index contributed by atoms with van der Waals surface area (Å²) in [4.78, 5) is 4.52. The third-order valence-corrected chi connectivity index (χ3v) is 4.21. The van der Waals surface area contributed by atoms with E-state index in [1.807, 2.05) is 6.92 Å². The number of hydrogen-bond donors (Lipinski definition) is 1. The van der Waals surface area contributed by atoms with Gasteiger partial charge in [-0.3, -0.25) is 0 Å². The van der Waals surface area contributed by atoms with Crippen molar-refractivity contribution >= 4 is 11.3 Å². The number of thiazole rings is 1. The molecule has 3 heterocycles. The third kappa shape index (κ3) is 2.19. The van der Waals surface area contributed by atoms with Crippen LogP contribution < -0.4 is 5.32 Å². The van der Waals surface area contributed by atoms with Crippen LogP contribution in [-0.2, 0) is 6.54 Å². The summed E-state index contributed by atoms with van der Waals surface area (Å²) in [5.41, 5.74) is 1.07. The van der Waals surface area contributed by atoms with Crippen molar-refractivity contribution in [1.29, 1.82) is 0 Å². The predicted molar refractivity (Wildman–Crippen MR) is 76.1 cm³/mol. The van der Waals surface area contributed by atoms with E-state index in [2.05, 4.69) is 51.2 Å². The molecule has 102 valence electrons. The van der Waals surface area contributed by atoms with Crippen LogP contribution in [0.5, 0.6) is 0 Å². The zero-order chi connectivity index (χ0) is 13.6. The van der Waals surface area contributed by atoms with Crippen molar-refractivity contribution in [3.05, 3.63) is 16.2 Å². The van der Waals surface area contributed by atoms with Gasteiger partial charge in [0.15, 0.2) is 11.6 Å². The molecule has 6 heteroatoms. The summed E-state index contributed by atoms with van der Waals surface area (Å²) in [6.07, 6.45) is 0. The van der Waals surface area contributed by atoms with E-state index >= 15 is 0 Å². The molecule has 0 saturated carbocycles. The van der Waals surface area contributed by atoms with Gasteiger partial charge in [-0.1, -0.05) is 20.8 Å². The first-order chi connectivity index (χ1) is 8.97. The molecule has 0 radical (unpaired) electrons. The van der Waals surface area contributed by atoms with Crippen LogP contribution in [0.3, 0.4) is 0 Å². The molecule has 0 amide bonds. The molecule has 2 aromatic heterocycles. The van der Waals surface area contributed by atoms with E-state index in [1.165, 1.54) is 0 Å². The Morgan fingerprint density at radius 3 is 2.79 bits per heavy atom. The van der Waals surface area contributed by atoms with Gasteiger partial charge < -0.3 is 9.88 Å². The van der Waals surface area contributed by atoms with Crippen molar-refractivity contribution in [2.24, 2.45) is 5.41 Å². The average Bonchev–Trinajstić information content (AvgIpc) is 2.92. The Bertz CT molecular complexity index is 592. The molecule has 0 bridgehead atoms. The summed E-state index contributed by atoms with van der Waals surface area (Å²) in [7, 11) is 0. The average molecular weight is 277 g/mol. The molecule has 0 fully saturated rings. The minimum absolute atomic E-state index is 0.125. The molecule has 1 atom stereocenters. The monoisotopic (exact) mass is 277 g/mol. The molecule has 0 aromatic carbocycles. The lowest BCUT2D eigenvalue weighted by Gasteiger charge is -2.34. The number of rotatable bonds is 1. The maximum Gasteiger partial charge on any atom is 0.183 e. The number of aryl methyl sites for hydroxylation is 1. The van der Waals surface area contributed by atoms with Gasteiger partial charge in [-0.25, -0.2) is 4.98 Å². The standard InChI is InChI=1S/C13H19N5S/c1-8-15-9(7-19-8)11-16-17-12-10(13(2,3)4)14-5-6-18(11)12/h7,10,14H,5-6H2,1-4H3. The molecule has 3 rings (SSSR count). The van der Waals surface area contributed by atoms with Crippen LogP contribution in [0.2, 0.25) is 0 Å². The molecule has 2 aromatic rings. The molecule has 0 spiro atoms. The minimum atomic E-state index is 0.125. The number of aromatic nitrogens is 4. The molecule has 1 N–H and O–H groups in total. The summed E-state index contributed by atoms with van der Waals surface area (Å²) in [5, 5.41) is 15.4. The van der Waals surface area contributed by atoms with Gasteiger partial charge in [-0.05, 0) is 12.3 Å². The van der Waals surface area contributed by atoms with Gasteiger partial charge in [0.25, 0.3) is 0 Å². The van der Waals surface area contributed by atoms with Gasteiger partial charge in [0, 0.05) is 18.5 Å². The van der Waals surface area contributed by atoms with E-state index in [0.29, 0.717) is 0 Å². The Morgan fingerprint density at radius 1 is 1.37 bits per heavy atom. The van der Waals surface area contributed by atoms with Crippen molar-refractivity contribution < 1.29 is 0 Å². The molecule has 1 aliphatic heterocycles. The fraction of sp³-hybridized carbons (Fsp3) is 0.615. The fourth-order valence-electron chi connectivity index (χ4n) is 2.51. The summed E-state index contributed by atoms with van der Waals surface area (Å²) in [6.45, 7) is 10.5. The number of hydrogen-bond acceptors (Lipinski definition) is 5. The van der Waals surface area contributed by atoms with Gasteiger partial charge in [0.2, 0.25) is 0 Å². The van der Waals surface area contributed by atoms with Crippen LogP contribution >= 0.6 is 11.3 Å². The van der Waals surface area contributed by atoms with Crippen LogP contribution in [0, 0.1) is 12.3 Å². The lowest BCUT2D eigenvalue weighted by Crippen LogP contribution is -2.40. The van der Waals surface area contributed by atoms with Crippen molar-refractivity contribution in [3.8, 4) is 11.5 Å². The highest BCUT2D eigenvalue weighted by Gasteiger charge is 2.34. The maximum atomic E-state index is 4.52. The number of nitrogens with zero attached hydrogens (tertiary/aromatic N) is 4. The van der Waals surface area contributed by atoms with Crippen LogP contribution in [-0.4, -0.2) is 26.3 Å². The zero-order valence-corrected chi connectivity index (χ0v) is 12.6. The first kappa shape index (κ1) is 12.7. The highest BCUT2D eigenvalue weighted by Crippen LogP contribution is 2.35. The first-order valence-electron chi connectivity index (χ1n) is 6.56. The second-order valence-electron chi connectivity index (χ2n) is 6.04. The van der Waals surface area contributed by atoms with Gasteiger partial charge in [0.05, 0.1) is 11.0 Å². The Kier molecular flexibility index (Phi) is 2.94. The second kappa shape index (κ2) is 4.38. The van der Waals surface area contributed by atoms with Gasteiger partial charge in [0.1, 0.15) is 5.69 Å². The molecular weight excluding hydrogens is 258 g/mol. The lowest BCUT2D eigenvalue weighted by molar-refractivity contribution is 0.234. The highest BCUT2D eigenvalue weighted by molar-refractivity contribution is 7.09. The van der Waals surface area contributed by atoms with E-state index in [0.717, 1.165) is 35.4 Å². The quantitative estimate of drug-likeness (QED) is 0.869. The molecular formula is C13H19N5S. The Hall–Kier alpha value is -1.27. The Labute approximate surface area is 117 Å². The van der Waals surface area contributed by atoms with E-state index in [4.69, 9.17) is 0 Å². The second-order valence-corrected chi connectivity index (χ2v) is 7.10. The van der Waals surface area contributed by atoms with E-state index in [9.17, 15) is 0 Å². The Morgan fingerprint density at radius 2 is 2.16 bits per heavy atom. The van der Waals surface area contributed by atoms with E-state index in [1.54, 1.807) is 11.3 Å². The van der Waals surface area contributed by atoms with Crippen LogP contribution in [0.25, 0.3) is 11.5 Å². The summed E-state index contributed by atoms with van der Waals surface area (Å²) in [5.74, 6) is 1.93. The van der Waals surface area contributed by atoms with Crippen molar-refractivity contribution in [2.45, 2.75) is 40.3 Å². The third-order valence-electron chi connectivity index (χ3n) is 3.44. The van der Waals surface area contributed by atoms with Crippen molar-refractivity contribution in [2.75, 3.05) is 6.54 Å². The Balaban J connectivity index is 2.05. The predicted octanol–water partition coefficient (Wildman–Crippen LogP) is 2.40. The normalized spacial score (nSPS) is 19.5. The SMILES string of the molecule is Cc1nc(-c2nnc3n2CCNC3C(C)(C)C)cs1. The van der Waals surface area contributed by atoms with Gasteiger partial charge >= 0.3 is 0 Å². The molecule has 1 aliphatic rings. The lowest BCUT2D eigenvalue weighted by atomic mass is 9.85. The molecule has 1 unspecified atom stereocenters. The number of nitrogens with one attached hydrogen (secondary N) is 1. The number of fused-ring (bicyclic) bond motifs is 1. The molecule has 19 heavy (non-hydrogen) atoms. The van der Waals surface area contributed by atoms with Crippen molar-refractivity contribution in [1.82, 2.24) is 25.1 Å². The minimum Gasteiger partial charge on any atom is -0.307 e. The van der Waals surface area contributed by atoms with E-state index < -0.39 is 0 Å². The topological polar surface area (TPSA) is 55.6 Å². The highest BCUT2D eigenvalue weighted by atomic mass is 32.1. The molecule has 5 nitrogen and oxygen atoms in total. The van der Waals surface area contributed by atoms with Crippen LogP contribution in [0.15, 0.2) is 5.38 Å². The van der Waals surface area contributed by atoms with Crippen LogP contribution in [0.1, 0.15) is 37.6 Å². The first-order valence-corrected chi connectivity index (χ1v) is 7.44. The maximum absolute atomic E-state index is 4.52. The smallest absolute Gasteiger partial charge is 0.183 e. The van der Waals surface area contributed by atoms with Gasteiger partial charge in [-0.15, -0.1) is 21.5 Å². The van der Waals surface area contributed by atoms with E-state index in [-0.39, 0.29) is 11.5 Å². The molecule has 0 saturated heterocycles. The van der Waals surface area contributed by atoms with Crippen molar-refractivity contribution in [3.63, 3.8) is 0 Å². The summed E-state index contributed by atoms with van der Waals surface area (Å²) in [6, 6.07) is 0.238.